The molecular formula is C22H32O5. The molecule has 0 aromatic heterocycles. The molecule has 1 aliphatic heterocycles. The molecular weight excluding hydrogens is 344 g/mol. The Morgan fingerprint density at radius 2 is 2.07 bits per heavy atom. The van der Waals surface area contributed by atoms with E-state index in [1.165, 1.54) is 7.11 Å². The number of esters is 1. The molecule has 0 bridgehead atoms. The van der Waals surface area contributed by atoms with Crippen LogP contribution in [-0.4, -0.2) is 34.5 Å². The van der Waals surface area contributed by atoms with Gasteiger partial charge in [-0.05, 0) is 63.6 Å². The third-order valence-corrected chi connectivity index (χ3v) is 6.36. The zero-order chi connectivity index (χ0) is 19.8. The molecule has 150 valence electrons. The van der Waals surface area contributed by atoms with Crippen LogP contribution in [0.4, 0.5) is 0 Å². The molecule has 1 fully saturated rings. The Balaban J connectivity index is 1.97. The second-order valence-corrected chi connectivity index (χ2v) is 8.67. The van der Waals surface area contributed by atoms with Crippen molar-refractivity contribution in [3.8, 4) is 11.5 Å². The van der Waals surface area contributed by atoms with Crippen LogP contribution in [0.25, 0.3) is 0 Å². The van der Waals surface area contributed by atoms with E-state index in [4.69, 9.17) is 9.47 Å². The van der Waals surface area contributed by atoms with Gasteiger partial charge in [-0.25, -0.2) is 4.79 Å². The number of aryl methyl sites for hydroxylation is 1. The Morgan fingerprint density at radius 1 is 1.33 bits per heavy atom. The minimum absolute atomic E-state index is 0.117. The quantitative estimate of drug-likeness (QED) is 0.598. The second kappa shape index (κ2) is 7.34. The molecule has 5 nitrogen and oxygen atoms in total. The average molecular weight is 376 g/mol. The number of carbonyl (C=O) groups is 1. The molecule has 0 spiro atoms. The van der Waals surface area contributed by atoms with Crippen molar-refractivity contribution in [1.29, 1.82) is 0 Å². The van der Waals surface area contributed by atoms with Crippen LogP contribution in [0.2, 0.25) is 0 Å². The normalized spacial score (nSPS) is 28.6. The number of hydrogen-bond donors (Lipinski definition) is 2. The number of rotatable bonds is 5. The van der Waals surface area contributed by atoms with E-state index in [1.807, 2.05) is 12.1 Å². The molecule has 0 saturated heterocycles. The number of unbranched alkanes of at least 4 members (excludes halogenated alkanes) is 2. The van der Waals surface area contributed by atoms with E-state index in [0.29, 0.717) is 18.6 Å². The third kappa shape index (κ3) is 3.66. The van der Waals surface area contributed by atoms with Crippen LogP contribution in [0.5, 0.6) is 11.5 Å². The largest absolute Gasteiger partial charge is 0.508 e. The maximum atomic E-state index is 12.2. The van der Waals surface area contributed by atoms with Gasteiger partial charge in [0.1, 0.15) is 17.1 Å². The summed E-state index contributed by atoms with van der Waals surface area (Å²) in [6.07, 6.45) is 5.51. The first-order chi connectivity index (χ1) is 12.7. The van der Waals surface area contributed by atoms with Gasteiger partial charge in [0.2, 0.25) is 0 Å². The van der Waals surface area contributed by atoms with Crippen molar-refractivity contribution in [1.82, 2.24) is 0 Å². The van der Waals surface area contributed by atoms with Gasteiger partial charge in [-0.3, -0.25) is 0 Å². The summed E-state index contributed by atoms with van der Waals surface area (Å²) in [4.78, 5) is 12.2. The fraction of sp³-hybridized carbons (Fsp3) is 0.682. The highest BCUT2D eigenvalue weighted by molar-refractivity contribution is 5.79. The van der Waals surface area contributed by atoms with Crippen LogP contribution >= 0.6 is 0 Å². The number of aromatic hydroxyl groups is 1. The summed E-state index contributed by atoms with van der Waals surface area (Å²) in [7, 11) is 1.30. The van der Waals surface area contributed by atoms with E-state index in [1.54, 1.807) is 0 Å². The lowest BCUT2D eigenvalue weighted by atomic mass is 9.62. The number of hydrogen-bond acceptors (Lipinski definition) is 5. The van der Waals surface area contributed by atoms with Gasteiger partial charge in [0.15, 0.2) is 5.60 Å². The molecule has 0 unspecified atom stereocenters. The van der Waals surface area contributed by atoms with Crippen molar-refractivity contribution in [3.05, 3.63) is 23.3 Å². The Hall–Kier alpha value is -1.75. The van der Waals surface area contributed by atoms with E-state index in [0.717, 1.165) is 36.8 Å². The average Bonchev–Trinajstić information content (AvgIpc) is 2.60. The molecule has 1 aliphatic carbocycles. The summed E-state index contributed by atoms with van der Waals surface area (Å²) in [5, 5.41) is 21.7. The fourth-order valence-corrected chi connectivity index (χ4v) is 4.92. The zero-order valence-electron chi connectivity index (χ0n) is 16.9. The van der Waals surface area contributed by atoms with E-state index < -0.39 is 17.2 Å². The highest BCUT2D eigenvalue weighted by Crippen LogP contribution is 2.56. The fourth-order valence-electron chi connectivity index (χ4n) is 4.92. The molecule has 0 amide bonds. The van der Waals surface area contributed by atoms with Crippen molar-refractivity contribution in [2.45, 2.75) is 82.8 Å². The number of phenols is 1. The highest BCUT2D eigenvalue weighted by Gasteiger charge is 2.54. The smallest absolute Gasteiger partial charge is 0.337 e. The summed E-state index contributed by atoms with van der Waals surface area (Å²) in [6.45, 7) is 6.27. The van der Waals surface area contributed by atoms with Crippen LogP contribution in [0.1, 0.15) is 76.3 Å². The molecule has 1 saturated carbocycles. The molecule has 2 aliphatic rings. The molecule has 1 aromatic rings. The van der Waals surface area contributed by atoms with Crippen molar-refractivity contribution >= 4 is 5.97 Å². The third-order valence-electron chi connectivity index (χ3n) is 6.36. The molecule has 2 N–H and O–H groups in total. The van der Waals surface area contributed by atoms with Crippen LogP contribution in [0.15, 0.2) is 12.1 Å². The summed E-state index contributed by atoms with van der Waals surface area (Å²) in [5.41, 5.74) is -0.148. The summed E-state index contributed by atoms with van der Waals surface area (Å²) in [5.74, 6) is 0.265. The maximum Gasteiger partial charge on any atom is 0.337 e. The van der Waals surface area contributed by atoms with E-state index in [-0.39, 0.29) is 24.0 Å². The SMILES string of the molecule is CCCCCc1cc(O)c2c(c1)OC(C)(C)[C@H]1CC[C@](O)(C(=O)OC)C[C@H]21. The lowest BCUT2D eigenvalue weighted by molar-refractivity contribution is -0.170. The number of benzene rings is 1. The number of carbonyl (C=O) groups excluding carboxylic acids is 1. The minimum Gasteiger partial charge on any atom is -0.508 e. The molecule has 27 heavy (non-hydrogen) atoms. The minimum atomic E-state index is -1.51. The van der Waals surface area contributed by atoms with Gasteiger partial charge in [-0.1, -0.05) is 19.8 Å². The van der Waals surface area contributed by atoms with Gasteiger partial charge < -0.3 is 19.7 Å². The number of phenolic OH excluding ortho intramolecular Hbond substituents is 1. The highest BCUT2D eigenvalue weighted by atomic mass is 16.5. The van der Waals surface area contributed by atoms with Crippen LogP contribution in [-0.2, 0) is 16.0 Å². The maximum absolute atomic E-state index is 12.2. The molecule has 1 aromatic carbocycles. The zero-order valence-corrected chi connectivity index (χ0v) is 16.9. The monoisotopic (exact) mass is 376 g/mol. The second-order valence-electron chi connectivity index (χ2n) is 8.67. The van der Waals surface area contributed by atoms with E-state index in [2.05, 4.69) is 20.8 Å². The summed E-state index contributed by atoms with van der Waals surface area (Å²) < 4.78 is 11.1. The van der Waals surface area contributed by atoms with Crippen molar-refractivity contribution < 1.29 is 24.5 Å². The number of methoxy groups -OCH3 is 1. The van der Waals surface area contributed by atoms with Crippen LogP contribution in [0.3, 0.4) is 0 Å². The van der Waals surface area contributed by atoms with Gasteiger partial charge in [0.05, 0.1) is 7.11 Å². The van der Waals surface area contributed by atoms with Gasteiger partial charge in [-0.2, -0.15) is 0 Å². The Bertz CT molecular complexity index is 711. The first-order valence-corrected chi connectivity index (χ1v) is 10.1. The van der Waals surface area contributed by atoms with E-state index >= 15 is 0 Å². The predicted molar refractivity (Wildman–Crippen MR) is 103 cm³/mol. The summed E-state index contributed by atoms with van der Waals surface area (Å²) in [6, 6.07) is 3.84. The van der Waals surface area contributed by atoms with E-state index in [9.17, 15) is 15.0 Å². The van der Waals surface area contributed by atoms with Crippen LogP contribution in [0, 0.1) is 5.92 Å². The Kier molecular flexibility index (Phi) is 5.44. The lowest BCUT2D eigenvalue weighted by Gasteiger charge is -2.50. The Labute approximate surface area is 161 Å². The molecule has 0 radical (unpaired) electrons. The van der Waals surface area contributed by atoms with Gasteiger partial charge in [-0.15, -0.1) is 0 Å². The number of fused-ring (bicyclic) bond motifs is 3. The Morgan fingerprint density at radius 3 is 2.74 bits per heavy atom. The van der Waals surface area contributed by atoms with Gasteiger partial charge >= 0.3 is 5.97 Å². The first kappa shape index (κ1) is 20.0. The molecule has 3 atom stereocenters. The topological polar surface area (TPSA) is 76.0 Å². The molecule has 5 heteroatoms. The predicted octanol–water partition coefficient (Wildman–Crippen LogP) is 4.08. The van der Waals surface area contributed by atoms with Crippen molar-refractivity contribution in [2.75, 3.05) is 7.11 Å². The van der Waals surface area contributed by atoms with Crippen LogP contribution < -0.4 is 4.74 Å². The lowest BCUT2D eigenvalue weighted by Crippen LogP contribution is -2.53. The first-order valence-electron chi connectivity index (χ1n) is 10.1. The number of ether oxygens (including phenoxy) is 2. The van der Waals surface area contributed by atoms with Crippen molar-refractivity contribution in [3.63, 3.8) is 0 Å². The summed E-state index contributed by atoms with van der Waals surface area (Å²) >= 11 is 0. The standard InChI is InChI=1S/C22H32O5/c1-5-6-7-8-14-11-17(23)19-15-13-22(25,20(24)26-4)10-9-16(15)21(2,3)27-18(19)12-14/h11-12,15-16,23,25H,5-10,13H2,1-4H3/t15-,16-,22+/m0/s1. The van der Waals surface area contributed by atoms with Gasteiger partial charge in [0.25, 0.3) is 0 Å². The molecule has 3 rings (SSSR count). The number of aliphatic hydroxyl groups is 1. The van der Waals surface area contributed by atoms with Gasteiger partial charge in [0, 0.05) is 17.4 Å². The van der Waals surface area contributed by atoms with Crippen molar-refractivity contribution in [2.24, 2.45) is 5.92 Å². The molecule has 1 heterocycles.